The molecule has 2 N–H and O–H groups in total. The molecule has 0 unspecified atom stereocenters. The van der Waals surface area contributed by atoms with Gasteiger partial charge in [-0.2, -0.15) is 0 Å². The summed E-state index contributed by atoms with van der Waals surface area (Å²) in [5.41, 5.74) is 6.67. The van der Waals surface area contributed by atoms with Crippen LogP contribution in [-0.4, -0.2) is 26.0 Å². The minimum atomic E-state index is 0.647. The fourth-order valence-corrected chi connectivity index (χ4v) is 2.54. The highest BCUT2D eigenvalue weighted by atomic mass is 32.1. The minimum Gasteiger partial charge on any atom is -0.375 e. The average molecular weight is 235 g/mol. The molecule has 0 bridgehead atoms. The molecule has 0 spiro atoms. The van der Waals surface area contributed by atoms with Gasteiger partial charge in [0.2, 0.25) is 0 Å². The van der Waals surface area contributed by atoms with Crippen molar-refractivity contribution in [3.05, 3.63) is 29.3 Å². The van der Waals surface area contributed by atoms with Crippen molar-refractivity contribution >= 4 is 16.5 Å². The Bertz CT molecular complexity index is 489. The van der Waals surface area contributed by atoms with E-state index in [1.165, 1.54) is 11.3 Å². The van der Waals surface area contributed by atoms with Crippen LogP contribution < -0.4 is 5.73 Å². The molecule has 2 aromatic heterocycles. The summed E-state index contributed by atoms with van der Waals surface area (Å²) in [6.45, 7) is 3.81. The van der Waals surface area contributed by atoms with Gasteiger partial charge in [-0.25, -0.2) is 9.97 Å². The Hall–Kier alpha value is -1.40. The molecule has 1 aliphatic rings. The summed E-state index contributed by atoms with van der Waals surface area (Å²) in [4.78, 5) is 11.0. The van der Waals surface area contributed by atoms with E-state index in [4.69, 9.17) is 5.73 Å². The van der Waals surface area contributed by atoms with Crippen molar-refractivity contribution < 1.29 is 0 Å². The maximum atomic E-state index is 5.62. The van der Waals surface area contributed by atoms with E-state index < -0.39 is 0 Å². The molecule has 5 nitrogen and oxygen atoms in total. The normalized spacial score (nSPS) is 16.2. The Labute approximate surface area is 97.5 Å². The van der Waals surface area contributed by atoms with Gasteiger partial charge in [0.05, 0.1) is 12.2 Å². The number of thiazole rings is 1. The van der Waals surface area contributed by atoms with Crippen LogP contribution in [-0.2, 0) is 19.6 Å². The fraction of sp³-hybridized carbons (Fsp3) is 0.400. The summed E-state index contributed by atoms with van der Waals surface area (Å²) in [7, 11) is 0. The molecule has 0 aromatic carbocycles. The van der Waals surface area contributed by atoms with Gasteiger partial charge in [0.1, 0.15) is 5.82 Å². The zero-order chi connectivity index (χ0) is 11.0. The number of hydrogen-bond donors (Lipinski definition) is 1. The van der Waals surface area contributed by atoms with Crippen molar-refractivity contribution in [3.8, 4) is 0 Å². The van der Waals surface area contributed by atoms with Gasteiger partial charge < -0.3 is 10.3 Å². The summed E-state index contributed by atoms with van der Waals surface area (Å²) >= 11 is 1.50. The van der Waals surface area contributed by atoms with Crippen molar-refractivity contribution in [1.29, 1.82) is 0 Å². The molecule has 0 saturated carbocycles. The van der Waals surface area contributed by atoms with Crippen molar-refractivity contribution in [3.63, 3.8) is 0 Å². The van der Waals surface area contributed by atoms with Crippen molar-refractivity contribution in [2.24, 2.45) is 0 Å². The van der Waals surface area contributed by atoms with Gasteiger partial charge >= 0.3 is 0 Å². The predicted octanol–water partition coefficient (Wildman–Crippen LogP) is 0.938. The van der Waals surface area contributed by atoms with Crippen molar-refractivity contribution in [2.75, 3.05) is 12.3 Å². The number of fused-ring (bicyclic) bond motifs is 1. The molecule has 0 atom stereocenters. The quantitative estimate of drug-likeness (QED) is 0.841. The van der Waals surface area contributed by atoms with Crippen LogP contribution >= 0.6 is 11.3 Å². The molecular weight excluding hydrogens is 222 g/mol. The molecule has 0 saturated heterocycles. The third kappa shape index (κ3) is 1.81. The maximum absolute atomic E-state index is 5.62. The lowest BCUT2D eigenvalue weighted by Crippen LogP contribution is -2.33. The van der Waals surface area contributed by atoms with E-state index in [9.17, 15) is 0 Å². The molecule has 0 amide bonds. The zero-order valence-corrected chi connectivity index (χ0v) is 9.65. The van der Waals surface area contributed by atoms with Crippen LogP contribution in [0.25, 0.3) is 0 Å². The molecule has 0 radical (unpaired) electrons. The van der Waals surface area contributed by atoms with Crippen LogP contribution in [0, 0.1) is 0 Å². The van der Waals surface area contributed by atoms with Crippen molar-refractivity contribution in [2.45, 2.75) is 19.6 Å². The predicted molar refractivity (Wildman–Crippen MR) is 62.9 cm³/mol. The van der Waals surface area contributed by atoms with Crippen LogP contribution in [0.3, 0.4) is 0 Å². The lowest BCUT2D eigenvalue weighted by molar-refractivity contribution is 0.207. The first-order chi connectivity index (χ1) is 7.81. The first-order valence-corrected chi connectivity index (χ1v) is 6.11. The summed E-state index contributed by atoms with van der Waals surface area (Å²) in [5.74, 6) is 1.13. The van der Waals surface area contributed by atoms with Crippen LogP contribution in [0.15, 0.2) is 17.8 Å². The van der Waals surface area contributed by atoms with Gasteiger partial charge in [-0.3, -0.25) is 4.90 Å². The van der Waals surface area contributed by atoms with Gasteiger partial charge in [-0.1, -0.05) is 0 Å². The van der Waals surface area contributed by atoms with Crippen LogP contribution in [0.1, 0.15) is 11.5 Å². The molecule has 2 aromatic rings. The highest BCUT2D eigenvalue weighted by molar-refractivity contribution is 7.13. The van der Waals surface area contributed by atoms with E-state index in [-0.39, 0.29) is 0 Å². The second kappa shape index (κ2) is 3.88. The van der Waals surface area contributed by atoms with Gasteiger partial charge in [-0.05, 0) is 0 Å². The number of nitrogens with zero attached hydrogens (tertiary/aromatic N) is 4. The molecule has 0 aliphatic carbocycles. The molecule has 3 rings (SSSR count). The highest BCUT2D eigenvalue weighted by Gasteiger charge is 2.17. The Morgan fingerprint density at radius 1 is 1.44 bits per heavy atom. The number of aromatic nitrogens is 3. The largest absolute Gasteiger partial charge is 0.375 e. The molecule has 6 heteroatoms. The van der Waals surface area contributed by atoms with Crippen LogP contribution in [0.4, 0.5) is 5.13 Å². The molecule has 0 fully saturated rings. The fourth-order valence-electron chi connectivity index (χ4n) is 1.98. The summed E-state index contributed by atoms with van der Waals surface area (Å²) in [6.07, 6.45) is 3.90. The average Bonchev–Trinajstić information content (AvgIpc) is 2.87. The number of nitrogen functional groups attached to an aromatic ring is 1. The first kappa shape index (κ1) is 9.80. The standard InChI is InChI=1S/C10H13N5S/c11-10-13-8(7-16-10)5-14-3-4-15-2-1-12-9(15)6-14/h1-2,7H,3-6H2,(H2,11,13). The third-order valence-corrected chi connectivity index (χ3v) is 3.50. The number of imidazole rings is 1. The SMILES string of the molecule is Nc1nc(CN2CCn3ccnc3C2)cs1. The smallest absolute Gasteiger partial charge is 0.180 e. The van der Waals surface area contributed by atoms with E-state index in [1.807, 2.05) is 17.8 Å². The number of hydrogen-bond acceptors (Lipinski definition) is 5. The Balaban J connectivity index is 1.70. The Morgan fingerprint density at radius 3 is 3.19 bits per heavy atom. The van der Waals surface area contributed by atoms with Gasteiger partial charge in [0, 0.05) is 37.4 Å². The summed E-state index contributed by atoms with van der Waals surface area (Å²) in [5, 5.41) is 2.67. The molecule has 3 heterocycles. The second-order valence-electron chi connectivity index (χ2n) is 3.92. The van der Waals surface area contributed by atoms with E-state index in [1.54, 1.807) is 0 Å². The van der Waals surface area contributed by atoms with Crippen LogP contribution in [0.2, 0.25) is 0 Å². The third-order valence-electron chi connectivity index (χ3n) is 2.78. The monoisotopic (exact) mass is 235 g/mol. The molecule has 84 valence electrons. The van der Waals surface area contributed by atoms with Crippen molar-refractivity contribution in [1.82, 2.24) is 19.4 Å². The number of anilines is 1. The topological polar surface area (TPSA) is 60.0 Å². The molecule has 16 heavy (non-hydrogen) atoms. The molecule has 1 aliphatic heterocycles. The summed E-state index contributed by atoms with van der Waals surface area (Å²) in [6, 6.07) is 0. The summed E-state index contributed by atoms with van der Waals surface area (Å²) < 4.78 is 2.20. The zero-order valence-electron chi connectivity index (χ0n) is 8.83. The number of nitrogens with two attached hydrogens (primary N) is 1. The second-order valence-corrected chi connectivity index (χ2v) is 4.81. The Kier molecular flexibility index (Phi) is 2.37. The number of rotatable bonds is 2. The van der Waals surface area contributed by atoms with Crippen LogP contribution in [0.5, 0.6) is 0 Å². The van der Waals surface area contributed by atoms with E-state index in [0.717, 1.165) is 37.7 Å². The lowest BCUT2D eigenvalue weighted by atomic mass is 10.3. The highest BCUT2D eigenvalue weighted by Crippen LogP contribution is 2.16. The minimum absolute atomic E-state index is 0.647. The van der Waals surface area contributed by atoms with E-state index in [2.05, 4.69) is 19.4 Å². The van der Waals surface area contributed by atoms with Gasteiger partial charge in [0.15, 0.2) is 5.13 Å². The van der Waals surface area contributed by atoms with E-state index >= 15 is 0 Å². The Morgan fingerprint density at radius 2 is 2.38 bits per heavy atom. The maximum Gasteiger partial charge on any atom is 0.180 e. The van der Waals surface area contributed by atoms with E-state index in [0.29, 0.717) is 5.13 Å². The lowest BCUT2D eigenvalue weighted by Gasteiger charge is -2.26. The molecular formula is C10H13N5S. The first-order valence-electron chi connectivity index (χ1n) is 5.23. The van der Waals surface area contributed by atoms with Gasteiger partial charge in [-0.15, -0.1) is 11.3 Å². The van der Waals surface area contributed by atoms with Gasteiger partial charge in [0.25, 0.3) is 0 Å².